The molecule has 2 saturated heterocycles. The Kier molecular flexibility index (Phi) is 2.60. The Morgan fingerprint density at radius 1 is 1.15 bits per heavy atom. The molecule has 2 atom stereocenters. The van der Waals surface area contributed by atoms with Gasteiger partial charge in [-0.2, -0.15) is 0 Å². The fraction of sp³-hybridized carbons (Fsp3) is 0.438. The van der Waals surface area contributed by atoms with E-state index in [2.05, 4.69) is 16.9 Å². The Morgan fingerprint density at radius 3 is 2.55 bits per heavy atom. The van der Waals surface area contributed by atoms with E-state index in [4.69, 9.17) is 0 Å². The number of amides is 1. The van der Waals surface area contributed by atoms with Gasteiger partial charge in [0.05, 0.1) is 0 Å². The lowest BCUT2D eigenvalue weighted by Crippen LogP contribution is -2.32. The molecular formula is C16H19N3O. The second kappa shape index (κ2) is 4.35. The van der Waals surface area contributed by atoms with Gasteiger partial charge in [0.2, 0.25) is 0 Å². The third kappa shape index (κ3) is 1.83. The fourth-order valence-corrected chi connectivity index (χ4v) is 3.75. The van der Waals surface area contributed by atoms with Crippen LogP contribution in [0.5, 0.6) is 0 Å². The lowest BCUT2D eigenvalue weighted by Gasteiger charge is -2.18. The number of H-pyrrole nitrogens is 1. The van der Waals surface area contributed by atoms with Crippen LogP contribution in [0.3, 0.4) is 0 Å². The van der Waals surface area contributed by atoms with Crippen molar-refractivity contribution < 1.29 is 4.79 Å². The first-order valence-electron chi connectivity index (χ1n) is 7.26. The van der Waals surface area contributed by atoms with Gasteiger partial charge in [-0.15, -0.1) is 0 Å². The van der Waals surface area contributed by atoms with Gasteiger partial charge in [-0.1, -0.05) is 18.2 Å². The highest BCUT2D eigenvalue weighted by Gasteiger charge is 2.40. The highest BCUT2D eigenvalue weighted by molar-refractivity contribution is 5.98. The van der Waals surface area contributed by atoms with E-state index >= 15 is 0 Å². The van der Waals surface area contributed by atoms with Gasteiger partial charge in [-0.3, -0.25) is 4.79 Å². The van der Waals surface area contributed by atoms with Crippen molar-refractivity contribution in [2.75, 3.05) is 33.2 Å². The van der Waals surface area contributed by atoms with E-state index < -0.39 is 0 Å². The van der Waals surface area contributed by atoms with Crippen LogP contribution in [0.4, 0.5) is 0 Å². The number of nitrogens with zero attached hydrogens (tertiary/aromatic N) is 2. The van der Waals surface area contributed by atoms with E-state index in [1.54, 1.807) is 0 Å². The summed E-state index contributed by atoms with van der Waals surface area (Å²) in [5, 5.41) is 1.11. The molecule has 0 unspecified atom stereocenters. The normalized spacial score (nSPS) is 26.4. The molecule has 0 spiro atoms. The Labute approximate surface area is 118 Å². The van der Waals surface area contributed by atoms with Gasteiger partial charge in [-0.05, 0) is 31.0 Å². The van der Waals surface area contributed by atoms with E-state index in [0.717, 1.165) is 42.8 Å². The quantitative estimate of drug-likeness (QED) is 0.857. The summed E-state index contributed by atoms with van der Waals surface area (Å²) in [5.74, 6) is 1.47. The molecule has 104 valence electrons. The molecule has 0 saturated carbocycles. The number of benzene rings is 1. The molecule has 2 aliphatic rings. The molecular weight excluding hydrogens is 250 g/mol. The number of fused-ring (bicyclic) bond motifs is 2. The maximum atomic E-state index is 12.6. The van der Waals surface area contributed by atoms with E-state index in [-0.39, 0.29) is 5.91 Å². The molecule has 3 heterocycles. The Hall–Kier alpha value is -1.81. The van der Waals surface area contributed by atoms with Crippen LogP contribution < -0.4 is 0 Å². The third-order valence-corrected chi connectivity index (χ3v) is 4.72. The van der Waals surface area contributed by atoms with Crippen LogP contribution in [0.2, 0.25) is 0 Å². The van der Waals surface area contributed by atoms with Crippen LogP contribution in [-0.2, 0) is 0 Å². The first kappa shape index (κ1) is 12.0. The van der Waals surface area contributed by atoms with Crippen molar-refractivity contribution in [3.63, 3.8) is 0 Å². The molecule has 1 amide bonds. The largest absolute Gasteiger partial charge is 0.351 e. The van der Waals surface area contributed by atoms with Crippen LogP contribution in [-0.4, -0.2) is 53.9 Å². The van der Waals surface area contributed by atoms with Crippen molar-refractivity contribution in [2.24, 2.45) is 11.8 Å². The summed E-state index contributed by atoms with van der Waals surface area (Å²) in [7, 11) is 2.17. The Bertz CT molecular complexity index is 616. The van der Waals surface area contributed by atoms with Crippen LogP contribution in [0.15, 0.2) is 30.3 Å². The van der Waals surface area contributed by atoms with Gasteiger partial charge >= 0.3 is 0 Å². The number of rotatable bonds is 1. The molecule has 4 rings (SSSR count). The highest BCUT2D eigenvalue weighted by Crippen LogP contribution is 2.31. The zero-order valence-electron chi connectivity index (χ0n) is 11.7. The molecule has 0 radical (unpaired) electrons. The van der Waals surface area contributed by atoms with E-state index in [1.807, 2.05) is 35.2 Å². The average Bonchev–Trinajstić information content (AvgIpc) is 3.08. The number of likely N-dealkylation sites (tertiary alicyclic amines) is 2. The summed E-state index contributed by atoms with van der Waals surface area (Å²) in [6.07, 6.45) is 0. The molecule has 1 aromatic heterocycles. The maximum absolute atomic E-state index is 12.6. The summed E-state index contributed by atoms with van der Waals surface area (Å²) in [4.78, 5) is 20.3. The smallest absolute Gasteiger partial charge is 0.270 e. The van der Waals surface area contributed by atoms with Crippen molar-refractivity contribution in [2.45, 2.75) is 0 Å². The molecule has 1 N–H and O–H groups in total. The summed E-state index contributed by atoms with van der Waals surface area (Å²) in [6.45, 7) is 4.06. The molecule has 4 heteroatoms. The fourth-order valence-electron chi connectivity index (χ4n) is 3.75. The molecule has 0 aliphatic carbocycles. The number of carbonyl (C=O) groups excluding carboxylic acids is 1. The number of aromatic nitrogens is 1. The summed E-state index contributed by atoms with van der Waals surface area (Å²) < 4.78 is 0. The zero-order valence-corrected chi connectivity index (χ0v) is 11.7. The van der Waals surface area contributed by atoms with E-state index in [1.165, 1.54) is 0 Å². The van der Waals surface area contributed by atoms with Crippen LogP contribution in [0.25, 0.3) is 10.9 Å². The first-order chi connectivity index (χ1) is 9.70. The van der Waals surface area contributed by atoms with E-state index in [9.17, 15) is 4.79 Å². The number of nitrogens with one attached hydrogen (secondary N) is 1. The SMILES string of the molecule is CN1C[C@@H]2CN(C(=O)c3cc4ccccc4[nH]3)C[C@@H]2C1. The Balaban J connectivity index is 1.56. The monoisotopic (exact) mass is 269 g/mol. The maximum Gasteiger partial charge on any atom is 0.270 e. The van der Waals surface area contributed by atoms with Crippen molar-refractivity contribution in [1.29, 1.82) is 0 Å². The number of para-hydroxylation sites is 1. The van der Waals surface area contributed by atoms with Crippen molar-refractivity contribution in [3.05, 3.63) is 36.0 Å². The second-order valence-corrected chi connectivity index (χ2v) is 6.22. The summed E-state index contributed by atoms with van der Waals surface area (Å²) in [5.41, 5.74) is 1.76. The minimum absolute atomic E-state index is 0.151. The lowest BCUT2D eigenvalue weighted by molar-refractivity contribution is 0.0771. The van der Waals surface area contributed by atoms with Gasteiger partial charge in [0.25, 0.3) is 5.91 Å². The Morgan fingerprint density at radius 2 is 1.85 bits per heavy atom. The number of carbonyl (C=O) groups is 1. The second-order valence-electron chi connectivity index (χ2n) is 6.22. The molecule has 4 nitrogen and oxygen atoms in total. The minimum atomic E-state index is 0.151. The van der Waals surface area contributed by atoms with Crippen molar-refractivity contribution >= 4 is 16.8 Å². The van der Waals surface area contributed by atoms with Gasteiger partial charge in [0, 0.05) is 37.1 Å². The molecule has 2 fully saturated rings. The summed E-state index contributed by atoms with van der Waals surface area (Å²) >= 11 is 0. The number of aromatic amines is 1. The lowest BCUT2D eigenvalue weighted by atomic mass is 10.0. The zero-order chi connectivity index (χ0) is 13.7. The van der Waals surface area contributed by atoms with Crippen LogP contribution >= 0.6 is 0 Å². The van der Waals surface area contributed by atoms with Crippen LogP contribution in [0.1, 0.15) is 10.5 Å². The molecule has 2 aliphatic heterocycles. The first-order valence-corrected chi connectivity index (χ1v) is 7.26. The van der Waals surface area contributed by atoms with Gasteiger partial charge in [0.1, 0.15) is 5.69 Å². The predicted molar refractivity (Wildman–Crippen MR) is 78.7 cm³/mol. The molecule has 1 aromatic carbocycles. The highest BCUT2D eigenvalue weighted by atomic mass is 16.2. The van der Waals surface area contributed by atoms with Gasteiger partial charge < -0.3 is 14.8 Å². The molecule has 2 aromatic rings. The van der Waals surface area contributed by atoms with Gasteiger partial charge in [-0.25, -0.2) is 0 Å². The standard InChI is InChI=1S/C16H19N3O/c1-18-7-12-9-19(10-13(12)8-18)16(20)15-6-11-4-2-3-5-14(11)17-15/h2-6,12-13,17H,7-10H2,1H3/t12-,13+. The van der Waals surface area contributed by atoms with E-state index in [0.29, 0.717) is 11.8 Å². The van der Waals surface area contributed by atoms with Crippen LogP contribution in [0, 0.1) is 11.8 Å². The molecule has 20 heavy (non-hydrogen) atoms. The average molecular weight is 269 g/mol. The van der Waals surface area contributed by atoms with Crippen molar-refractivity contribution in [1.82, 2.24) is 14.8 Å². The minimum Gasteiger partial charge on any atom is -0.351 e. The topological polar surface area (TPSA) is 39.3 Å². The predicted octanol–water partition coefficient (Wildman–Crippen LogP) is 1.80. The van der Waals surface area contributed by atoms with Crippen molar-refractivity contribution in [3.8, 4) is 0 Å². The summed E-state index contributed by atoms with van der Waals surface area (Å²) in [6, 6.07) is 10.0. The van der Waals surface area contributed by atoms with Gasteiger partial charge in [0.15, 0.2) is 0 Å². The molecule has 0 bridgehead atoms. The number of hydrogen-bond donors (Lipinski definition) is 1. The number of hydrogen-bond acceptors (Lipinski definition) is 2. The third-order valence-electron chi connectivity index (χ3n) is 4.72.